The lowest BCUT2D eigenvalue weighted by Gasteiger charge is -2.44. The van der Waals surface area contributed by atoms with Crippen molar-refractivity contribution in [1.82, 2.24) is 19.7 Å². The predicted molar refractivity (Wildman–Crippen MR) is 95.8 cm³/mol. The summed E-state index contributed by atoms with van der Waals surface area (Å²) in [6.45, 7) is 3.25. The van der Waals surface area contributed by atoms with Gasteiger partial charge in [0.15, 0.2) is 0 Å². The maximum Gasteiger partial charge on any atom is 0.138 e. The van der Waals surface area contributed by atoms with Crippen LogP contribution < -0.4 is 0 Å². The van der Waals surface area contributed by atoms with Gasteiger partial charge in [0.25, 0.3) is 0 Å². The van der Waals surface area contributed by atoms with E-state index in [0.717, 1.165) is 29.8 Å². The second kappa shape index (κ2) is 7.65. The van der Waals surface area contributed by atoms with E-state index in [9.17, 15) is 4.39 Å². The number of hydrogen-bond donors (Lipinski definition) is 0. The summed E-state index contributed by atoms with van der Waals surface area (Å²) in [4.78, 5) is 7.21. The molecule has 2 aliphatic rings. The summed E-state index contributed by atoms with van der Waals surface area (Å²) < 4.78 is 15.0. The summed E-state index contributed by atoms with van der Waals surface area (Å²) in [5.74, 6) is 1.65. The van der Waals surface area contributed by atoms with E-state index in [1.54, 1.807) is 6.33 Å². The van der Waals surface area contributed by atoms with Gasteiger partial charge in [-0.1, -0.05) is 18.6 Å². The molecule has 2 aliphatic heterocycles. The molecule has 0 spiro atoms. The van der Waals surface area contributed by atoms with E-state index in [2.05, 4.69) is 15.0 Å². The van der Waals surface area contributed by atoms with Gasteiger partial charge in [0, 0.05) is 12.5 Å². The van der Waals surface area contributed by atoms with Crippen LogP contribution in [0.5, 0.6) is 0 Å². The molecule has 0 amide bonds. The van der Waals surface area contributed by atoms with Gasteiger partial charge in [-0.25, -0.2) is 14.1 Å². The van der Waals surface area contributed by atoms with Gasteiger partial charge in [-0.2, -0.15) is 5.10 Å². The average Bonchev–Trinajstić information content (AvgIpc) is 3.09. The maximum absolute atomic E-state index is 13.1. The summed E-state index contributed by atoms with van der Waals surface area (Å²) in [6, 6.07) is 7.44. The molecule has 5 heteroatoms. The molecule has 1 aromatic carbocycles. The summed E-state index contributed by atoms with van der Waals surface area (Å²) in [5.41, 5.74) is 1.06. The van der Waals surface area contributed by atoms with Crippen LogP contribution in [0.1, 0.15) is 49.9 Å². The molecule has 0 radical (unpaired) electrons. The number of aromatic nitrogens is 3. The van der Waals surface area contributed by atoms with Crippen molar-refractivity contribution in [3.8, 4) is 0 Å². The van der Waals surface area contributed by atoms with E-state index < -0.39 is 0 Å². The van der Waals surface area contributed by atoms with Gasteiger partial charge in [0.1, 0.15) is 18.0 Å². The molecule has 0 N–H and O–H groups in total. The first-order valence-corrected chi connectivity index (χ1v) is 9.65. The van der Waals surface area contributed by atoms with Gasteiger partial charge in [-0.3, -0.25) is 0 Å². The van der Waals surface area contributed by atoms with Crippen LogP contribution in [-0.4, -0.2) is 38.8 Å². The molecule has 0 saturated carbocycles. The number of piperidine rings is 2. The molecule has 3 heterocycles. The summed E-state index contributed by atoms with van der Waals surface area (Å²) in [6.07, 6.45) is 10.6. The summed E-state index contributed by atoms with van der Waals surface area (Å²) in [7, 11) is 0. The average molecular weight is 342 g/mol. The lowest BCUT2D eigenvalue weighted by Crippen LogP contribution is -2.48. The van der Waals surface area contributed by atoms with Gasteiger partial charge in [0.2, 0.25) is 0 Å². The van der Waals surface area contributed by atoms with Crippen LogP contribution >= 0.6 is 0 Å². The number of fused-ring (bicyclic) bond motifs is 1. The first-order chi connectivity index (χ1) is 12.3. The first-order valence-electron chi connectivity index (χ1n) is 9.65. The number of aryl methyl sites for hydroxylation is 1. The third kappa shape index (κ3) is 3.92. The maximum atomic E-state index is 13.1. The Labute approximate surface area is 149 Å². The van der Waals surface area contributed by atoms with Crippen molar-refractivity contribution in [3.05, 3.63) is 47.8 Å². The normalized spacial score (nSPS) is 24.2. The van der Waals surface area contributed by atoms with Crippen LogP contribution in [0.2, 0.25) is 0 Å². The highest BCUT2D eigenvalue weighted by molar-refractivity contribution is 5.16. The molecule has 0 bridgehead atoms. The zero-order chi connectivity index (χ0) is 17.1. The van der Waals surface area contributed by atoms with Crippen LogP contribution in [0.3, 0.4) is 0 Å². The van der Waals surface area contributed by atoms with E-state index in [-0.39, 0.29) is 5.82 Å². The summed E-state index contributed by atoms with van der Waals surface area (Å²) in [5, 5.41) is 4.38. The zero-order valence-electron chi connectivity index (χ0n) is 14.8. The molecule has 2 atom stereocenters. The second-order valence-electron chi connectivity index (χ2n) is 7.50. The van der Waals surface area contributed by atoms with E-state index >= 15 is 0 Å². The Bertz CT molecular complexity index is 679. The van der Waals surface area contributed by atoms with Gasteiger partial charge >= 0.3 is 0 Å². The van der Waals surface area contributed by atoms with Crippen LogP contribution in [0.25, 0.3) is 0 Å². The second-order valence-corrected chi connectivity index (χ2v) is 7.50. The highest BCUT2D eigenvalue weighted by Crippen LogP contribution is 2.33. The van der Waals surface area contributed by atoms with Gasteiger partial charge in [-0.15, -0.1) is 0 Å². The molecular weight excluding hydrogens is 315 g/mol. The largest absolute Gasteiger partial charge is 0.300 e. The smallest absolute Gasteiger partial charge is 0.138 e. The van der Waals surface area contributed by atoms with E-state index in [0.29, 0.717) is 6.54 Å². The van der Waals surface area contributed by atoms with E-state index in [4.69, 9.17) is 0 Å². The monoisotopic (exact) mass is 342 g/mol. The molecule has 1 aromatic heterocycles. The SMILES string of the molecule is Fc1ccc(Cn2ncnc2CC[C@@H]2CCCN3CCCC[C@H]23)cc1. The van der Waals surface area contributed by atoms with Gasteiger partial charge in [0.05, 0.1) is 6.54 Å². The molecule has 0 aliphatic carbocycles. The van der Waals surface area contributed by atoms with Crippen molar-refractivity contribution in [2.24, 2.45) is 5.92 Å². The lowest BCUT2D eigenvalue weighted by atomic mass is 9.81. The molecule has 4 rings (SSSR count). The fraction of sp³-hybridized carbons (Fsp3) is 0.600. The zero-order valence-corrected chi connectivity index (χ0v) is 14.8. The van der Waals surface area contributed by atoms with Crippen molar-refractivity contribution in [2.75, 3.05) is 13.1 Å². The fourth-order valence-electron chi connectivity index (χ4n) is 4.60. The van der Waals surface area contributed by atoms with Crippen molar-refractivity contribution in [1.29, 1.82) is 0 Å². The summed E-state index contributed by atoms with van der Waals surface area (Å²) >= 11 is 0. The number of hydrogen-bond acceptors (Lipinski definition) is 3. The van der Waals surface area contributed by atoms with Crippen molar-refractivity contribution >= 4 is 0 Å². The minimum absolute atomic E-state index is 0.197. The molecule has 0 unspecified atom stereocenters. The van der Waals surface area contributed by atoms with Gasteiger partial charge in [-0.05, 0) is 68.8 Å². The first kappa shape index (κ1) is 16.7. The Balaban J connectivity index is 1.38. The van der Waals surface area contributed by atoms with Crippen LogP contribution in [0, 0.1) is 11.7 Å². The van der Waals surface area contributed by atoms with Crippen molar-refractivity contribution in [3.63, 3.8) is 0 Å². The minimum Gasteiger partial charge on any atom is -0.300 e. The molecule has 2 saturated heterocycles. The Hall–Kier alpha value is -1.75. The molecule has 134 valence electrons. The van der Waals surface area contributed by atoms with Crippen LogP contribution in [0.15, 0.2) is 30.6 Å². The third-order valence-electron chi connectivity index (χ3n) is 5.91. The van der Waals surface area contributed by atoms with Crippen LogP contribution in [-0.2, 0) is 13.0 Å². The molecule has 2 fully saturated rings. The topological polar surface area (TPSA) is 34.0 Å². The Morgan fingerprint density at radius 2 is 1.88 bits per heavy atom. The van der Waals surface area contributed by atoms with Crippen LogP contribution in [0.4, 0.5) is 4.39 Å². The van der Waals surface area contributed by atoms with Crippen molar-refractivity contribution < 1.29 is 4.39 Å². The Morgan fingerprint density at radius 1 is 1.04 bits per heavy atom. The molecule has 2 aromatic rings. The highest BCUT2D eigenvalue weighted by Gasteiger charge is 2.32. The van der Waals surface area contributed by atoms with E-state index in [1.165, 1.54) is 63.7 Å². The number of halogens is 1. The number of benzene rings is 1. The standard InChI is InChI=1S/C20H27FN4/c21-18-9-6-16(7-10-18)14-25-20(22-15-23-25)11-8-17-4-3-13-24-12-2-1-5-19(17)24/h6-7,9-10,15,17,19H,1-5,8,11-14H2/t17-,19+/m0/s1. The lowest BCUT2D eigenvalue weighted by molar-refractivity contribution is 0.0556. The minimum atomic E-state index is -0.197. The fourth-order valence-corrected chi connectivity index (χ4v) is 4.60. The van der Waals surface area contributed by atoms with Gasteiger partial charge < -0.3 is 4.90 Å². The molecule has 4 nitrogen and oxygen atoms in total. The molecular formula is C20H27FN4. The Morgan fingerprint density at radius 3 is 2.76 bits per heavy atom. The predicted octanol–water partition coefficient (Wildman–Crippen LogP) is 3.66. The third-order valence-corrected chi connectivity index (χ3v) is 5.91. The number of rotatable bonds is 5. The molecule has 25 heavy (non-hydrogen) atoms. The Kier molecular flexibility index (Phi) is 5.11. The van der Waals surface area contributed by atoms with Crippen molar-refractivity contribution in [2.45, 2.75) is 57.5 Å². The highest BCUT2D eigenvalue weighted by atomic mass is 19.1. The quantitative estimate of drug-likeness (QED) is 0.831. The van der Waals surface area contributed by atoms with E-state index in [1.807, 2.05) is 16.8 Å². The number of nitrogens with zero attached hydrogens (tertiary/aromatic N) is 4.